The third kappa shape index (κ3) is 6.08. The fourth-order valence-electron chi connectivity index (χ4n) is 3.80. The van der Waals surface area contributed by atoms with Crippen molar-refractivity contribution in [3.8, 4) is 0 Å². The van der Waals surface area contributed by atoms with Gasteiger partial charge in [0, 0.05) is 42.3 Å². The van der Waals surface area contributed by atoms with Gasteiger partial charge in [0.1, 0.15) is 12.2 Å². The van der Waals surface area contributed by atoms with E-state index in [1.807, 2.05) is 6.92 Å². The molecule has 0 bridgehead atoms. The Morgan fingerprint density at radius 2 is 1.70 bits per heavy atom. The van der Waals surface area contributed by atoms with Crippen LogP contribution in [0.1, 0.15) is 30.3 Å². The minimum absolute atomic E-state index is 0.0131. The third-order valence-electron chi connectivity index (χ3n) is 5.61. The normalized spacial score (nSPS) is 11.4. The molecule has 0 aliphatic rings. The van der Waals surface area contributed by atoms with Gasteiger partial charge in [-0.3, -0.25) is 14.4 Å². The van der Waals surface area contributed by atoms with Crippen molar-refractivity contribution in [1.29, 1.82) is 0 Å². The predicted molar refractivity (Wildman–Crippen MR) is 145 cm³/mol. The maximum Gasteiger partial charge on any atom is 0.325 e. The highest BCUT2D eigenvalue weighted by Gasteiger charge is 2.36. The van der Waals surface area contributed by atoms with Crippen LogP contribution >= 0.6 is 23.2 Å². The summed E-state index contributed by atoms with van der Waals surface area (Å²) in [5.74, 6) is -1.60. The zero-order valence-electron chi connectivity index (χ0n) is 20.8. The molecule has 0 atom stereocenters. The van der Waals surface area contributed by atoms with Gasteiger partial charge >= 0.3 is 11.1 Å². The molecule has 0 radical (unpaired) electrons. The van der Waals surface area contributed by atoms with Crippen molar-refractivity contribution in [3.63, 3.8) is 0 Å². The highest BCUT2D eigenvalue weighted by Crippen LogP contribution is 2.35. The Kier molecular flexibility index (Phi) is 8.88. The molecule has 1 heterocycles. The summed E-state index contributed by atoms with van der Waals surface area (Å²) in [6.07, 6.45) is 1.70. The van der Waals surface area contributed by atoms with Gasteiger partial charge in [-0.25, -0.2) is 8.42 Å². The molecule has 0 fully saturated rings. The van der Waals surface area contributed by atoms with Crippen LogP contribution in [-0.4, -0.2) is 57.1 Å². The maximum atomic E-state index is 13.4. The standard InChI is InChI=1S/C25H27Cl2N3O6S/c1-5-6-9-36-21(31)14-28-17-7-8-19-20(13-17)30(4)23(22(19)29(2)3)24(32)25(33)37(34,35)18-11-15(26)10-16(27)12-18/h7-8,10-13,28H,5-6,9,14H2,1-4H3. The average molecular weight is 568 g/mol. The number of hydrogen-bond donors (Lipinski definition) is 1. The zero-order chi connectivity index (χ0) is 27.5. The number of esters is 1. The molecule has 0 saturated carbocycles. The molecule has 0 saturated heterocycles. The van der Waals surface area contributed by atoms with Crippen molar-refractivity contribution < 1.29 is 27.5 Å². The number of ether oxygens (including phenoxy) is 1. The Morgan fingerprint density at radius 3 is 2.30 bits per heavy atom. The van der Waals surface area contributed by atoms with E-state index in [2.05, 4.69) is 5.32 Å². The van der Waals surface area contributed by atoms with Gasteiger partial charge in [-0.15, -0.1) is 0 Å². The van der Waals surface area contributed by atoms with E-state index in [-0.39, 0.29) is 22.3 Å². The number of unbranched alkanes of at least 4 members (excludes halogenated alkanes) is 1. The summed E-state index contributed by atoms with van der Waals surface area (Å²) in [4.78, 5) is 39.5. The number of Topliss-reactive ketones (excluding diaryl/α,β-unsaturated/α-hetero) is 1. The van der Waals surface area contributed by atoms with E-state index in [0.29, 0.717) is 28.9 Å². The quantitative estimate of drug-likeness (QED) is 0.165. The van der Waals surface area contributed by atoms with E-state index in [9.17, 15) is 22.8 Å². The molecule has 1 N–H and O–H groups in total. The van der Waals surface area contributed by atoms with Crippen LogP contribution < -0.4 is 10.2 Å². The molecule has 0 spiro atoms. The minimum Gasteiger partial charge on any atom is -0.464 e. The summed E-state index contributed by atoms with van der Waals surface area (Å²) in [5.41, 5.74) is 1.41. The largest absolute Gasteiger partial charge is 0.464 e. The summed E-state index contributed by atoms with van der Waals surface area (Å²) in [5, 5.41) is 2.02. The van der Waals surface area contributed by atoms with E-state index in [0.717, 1.165) is 25.0 Å². The molecule has 0 amide bonds. The minimum atomic E-state index is -4.72. The second kappa shape index (κ2) is 11.5. The number of fused-ring (bicyclic) bond motifs is 1. The number of nitrogens with one attached hydrogen (secondary N) is 1. The van der Waals surface area contributed by atoms with E-state index >= 15 is 0 Å². The van der Waals surface area contributed by atoms with Crippen LogP contribution in [0.5, 0.6) is 0 Å². The van der Waals surface area contributed by atoms with Gasteiger partial charge in [-0.05, 0) is 42.8 Å². The maximum absolute atomic E-state index is 13.4. The number of rotatable bonds is 10. The Labute approximate surface area is 225 Å². The highest BCUT2D eigenvalue weighted by molar-refractivity contribution is 8.08. The lowest BCUT2D eigenvalue weighted by Crippen LogP contribution is -2.27. The molecule has 0 unspecified atom stereocenters. The summed E-state index contributed by atoms with van der Waals surface area (Å²) in [7, 11) is 0.201. The van der Waals surface area contributed by atoms with Gasteiger partial charge in [0.25, 0.3) is 5.78 Å². The fraction of sp³-hybridized carbons (Fsp3) is 0.320. The number of carbonyl (C=O) groups is 3. The molecule has 198 valence electrons. The highest BCUT2D eigenvalue weighted by atomic mass is 35.5. The molecule has 0 aliphatic carbocycles. The van der Waals surface area contributed by atoms with E-state index in [1.54, 1.807) is 44.2 Å². The van der Waals surface area contributed by atoms with Crippen molar-refractivity contribution in [1.82, 2.24) is 4.57 Å². The molecular formula is C25H27Cl2N3O6S. The SMILES string of the molecule is CCCCOC(=O)CNc1ccc2c(N(C)C)c(C(=O)C(=O)S(=O)(=O)c3cc(Cl)cc(Cl)c3)n(C)c2c1. The third-order valence-corrected chi connectivity index (χ3v) is 7.58. The lowest BCUT2D eigenvalue weighted by atomic mass is 10.1. The van der Waals surface area contributed by atoms with Crippen molar-refractivity contribution in [2.24, 2.45) is 7.05 Å². The number of sulfone groups is 1. The summed E-state index contributed by atoms with van der Waals surface area (Å²) in [6.45, 7) is 2.30. The molecule has 3 rings (SSSR count). The number of benzene rings is 2. The predicted octanol–water partition coefficient (Wildman–Crippen LogP) is 4.49. The Morgan fingerprint density at radius 1 is 1.05 bits per heavy atom. The van der Waals surface area contributed by atoms with Gasteiger partial charge in [0.05, 0.1) is 22.7 Å². The number of nitrogens with zero attached hydrogens (tertiary/aromatic N) is 2. The topological polar surface area (TPSA) is 115 Å². The van der Waals surface area contributed by atoms with Crippen LogP contribution in [0, 0.1) is 0 Å². The van der Waals surface area contributed by atoms with Gasteiger partial charge in [-0.2, -0.15) is 0 Å². The lowest BCUT2D eigenvalue weighted by molar-refractivity contribution is -0.141. The smallest absolute Gasteiger partial charge is 0.325 e. The zero-order valence-corrected chi connectivity index (χ0v) is 23.1. The summed E-state index contributed by atoms with van der Waals surface area (Å²) in [6, 6.07) is 8.59. The van der Waals surface area contributed by atoms with Crippen LogP contribution in [0.2, 0.25) is 10.0 Å². The van der Waals surface area contributed by atoms with Crippen LogP contribution in [0.4, 0.5) is 11.4 Å². The molecule has 12 heteroatoms. The Balaban J connectivity index is 1.98. The molecule has 1 aromatic heterocycles. The van der Waals surface area contributed by atoms with Gasteiger partial charge in [0.15, 0.2) is 0 Å². The van der Waals surface area contributed by atoms with Crippen molar-refractivity contribution in [2.75, 3.05) is 37.5 Å². The van der Waals surface area contributed by atoms with E-state index in [4.69, 9.17) is 27.9 Å². The number of halogens is 2. The van der Waals surface area contributed by atoms with Gasteiger partial charge < -0.3 is 19.5 Å². The van der Waals surface area contributed by atoms with Crippen molar-refractivity contribution in [2.45, 2.75) is 24.7 Å². The fourth-order valence-corrected chi connectivity index (χ4v) is 5.58. The Hall–Kier alpha value is -3.08. The van der Waals surface area contributed by atoms with Crippen LogP contribution in [-0.2, 0) is 31.2 Å². The molecule has 37 heavy (non-hydrogen) atoms. The van der Waals surface area contributed by atoms with Crippen molar-refractivity contribution >= 4 is 72.2 Å². The first-order valence-electron chi connectivity index (χ1n) is 11.4. The van der Waals surface area contributed by atoms with Crippen LogP contribution in [0.25, 0.3) is 10.9 Å². The number of ketones is 1. The first kappa shape index (κ1) is 28.5. The molecule has 0 aliphatic heterocycles. The molecule has 9 nitrogen and oxygen atoms in total. The molecular weight excluding hydrogens is 541 g/mol. The number of aryl methyl sites for hydroxylation is 1. The molecule has 2 aromatic carbocycles. The number of anilines is 2. The van der Waals surface area contributed by atoms with Crippen LogP contribution in [0.15, 0.2) is 41.3 Å². The van der Waals surface area contributed by atoms with Gasteiger partial charge in [-0.1, -0.05) is 36.5 Å². The average Bonchev–Trinajstić information content (AvgIpc) is 3.13. The first-order chi connectivity index (χ1) is 17.4. The number of aromatic nitrogens is 1. The Bertz CT molecular complexity index is 1460. The number of carbonyl (C=O) groups excluding carboxylic acids is 3. The monoisotopic (exact) mass is 567 g/mol. The number of hydrogen-bond acceptors (Lipinski definition) is 8. The summed E-state index contributed by atoms with van der Waals surface area (Å²) >= 11 is 11.8. The van der Waals surface area contributed by atoms with Crippen LogP contribution in [0.3, 0.4) is 0 Å². The second-order valence-corrected chi connectivity index (χ2v) is 11.3. The first-order valence-corrected chi connectivity index (χ1v) is 13.6. The summed E-state index contributed by atoms with van der Waals surface area (Å²) < 4.78 is 32.6. The molecule has 3 aromatic rings. The van der Waals surface area contributed by atoms with Gasteiger partial charge in [0.2, 0.25) is 9.84 Å². The lowest BCUT2D eigenvalue weighted by Gasteiger charge is -2.14. The van der Waals surface area contributed by atoms with E-state index < -0.39 is 31.6 Å². The van der Waals surface area contributed by atoms with Crippen molar-refractivity contribution in [3.05, 3.63) is 52.1 Å². The van der Waals surface area contributed by atoms with E-state index in [1.165, 1.54) is 10.6 Å². The second-order valence-electron chi connectivity index (χ2n) is 8.54.